The molecule has 0 unspecified atom stereocenters. The number of thiazole rings is 1. The fourth-order valence-electron chi connectivity index (χ4n) is 1.22. The molecular formula is C9H7ClF3N3S. The highest BCUT2D eigenvalue weighted by Gasteiger charge is 2.33. The molecule has 92 valence electrons. The lowest BCUT2D eigenvalue weighted by Gasteiger charge is -2.01. The van der Waals surface area contributed by atoms with Gasteiger partial charge in [0, 0.05) is 11.6 Å². The summed E-state index contributed by atoms with van der Waals surface area (Å²) in [4.78, 5) is 4.14. The molecule has 2 heterocycles. The first kappa shape index (κ1) is 12.4. The fourth-order valence-corrected chi connectivity index (χ4v) is 2.24. The first-order chi connectivity index (χ1) is 7.99. The number of rotatable bonds is 3. The Labute approximate surface area is 104 Å². The fraction of sp³-hybridized carbons (Fsp3) is 0.333. The van der Waals surface area contributed by atoms with Crippen LogP contribution in [0.3, 0.4) is 0 Å². The first-order valence-electron chi connectivity index (χ1n) is 4.59. The molecular weight excluding hydrogens is 275 g/mol. The second kappa shape index (κ2) is 4.66. The molecule has 0 bridgehead atoms. The predicted octanol–water partition coefficient (Wildman–Crippen LogP) is 3.15. The topological polar surface area (TPSA) is 30.7 Å². The molecule has 0 aliphatic carbocycles. The van der Waals surface area contributed by atoms with Crippen LogP contribution in [0.2, 0.25) is 0 Å². The summed E-state index contributed by atoms with van der Waals surface area (Å²) in [7, 11) is 0. The van der Waals surface area contributed by atoms with Crippen molar-refractivity contribution < 1.29 is 13.2 Å². The molecule has 3 nitrogen and oxygen atoms in total. The van der Waals surface area contributed by atoms with Crippen molar-refractivity contribution in [2.45, 2.75) is 18.6 Å². The van der Waals surface area contributed by atoms with Gasteiger partial charge in [-0.15, -0.1) is 22.9 Å². The summed E-state index contributed by atoms with van der Waals surface area (Å²) in [6, 6.07) is 0.941. The summed E-state index contributed by atoms with van der Waals surface area (Å²) in [6.45, 7) is 0.220. The lowest BCUT2D eigenvalue weighted by Crippen LogP contribution is -2.08. The van der Waals surface area contributed by atoms with Crippen LogP contribution >= 0.6 is 22.9 Å². The van der Waals surface area contributed by atoms with Crippen molar-refractivity contribution in [3.8, 4) is 0 Å². The lowest BCUT2D eigenvalue weighted by molar-refractivity contribution is -0.141. The minimum atomic E-state index is -4.41. The summed E-state index contributed by atoms with van der Waals surface area (Å²) in [5.74, 6) is 0.295. The van der Waals surface area contributed by atoms with Crippen LogP contribution < -0.4 is 0 Å². The van der Waals surface area contributed by atoms with Crippen molar-refractivity contribution in [1.29, 1.82) is 0 Å². The van der Waals surface area contributed by atoms with E-state index in [1.54, 1.807) is 5.38 Å². The minimum Gasteiger partial charge on any atom is -0.265 e. The van der Waals surface area contributed by atoms with E-state index in [9.17, 15) is 13.2 Å². The second-order valence-electron chi connectivity index (χ2n) is 3.26. The maximum atomic E-state index is 12.3. The normalized spacial score (nSPS) is 12.0. The number of aromatic nitrogens is 3. The quantitative estimate of drug-likeness (QED) is 0.809. The van der Waals surface area contributed by atoms with Crippen molar-refractivity contribution >= 4 is 22.9 Å². The van der Waals surface area contributed by atoms with Crippen LogP contribution in [0.15, 0.2) is 17.6 Å². The van der Waals surface area contributed by atoms with Crippen molar-refractivity contribution in [2.75, 3.05) is 0 Å². The molecule has 0 fully saturated rings. The van der Waals surface area contributed by atoms with E-state index in [0.29, 0.717) is 10.9 Å². The highest BCUT2D eigenvalue weighted by atomic mass is 35.5. The Morgan fingerprint density at radius 1 is 1.41 bits per heavy atom. The van der Waals surface area contributed by atoms with Gasteiger partial charge in [0.25, 0.3) is 0 Å². The second-order valence-corrected chi connectivity index (χ2v) is 4.47. The largest absolute Gasteiger partial charge is 0.435 e. The number of alkyl halides is 4. The van der Waals surface area contributed by atoms with Crippen LogP contribution in [0.5, 0.6) is 0 Å². The maximum absolute atomic E-state index is 12.3. The zero-order valence-corrected chi connectivity index (χ0v) is 9.98. The van der Waals surface area contributed by atoms with E-state index in [0.717, 1.165) is 11.8 Å². The zero-order chi connectivity index (χ0) is 12.5. The molecule has 0 saturated heterocycles. The van der Waals surface area contributed by atoms with E-state index in [4.69, 9.17) is 11.6 Å². The Morgan fingerprint density at radius 2 is 2.18 bits per heavy atom. The zero-order valence-electron chi connectivity index (χ0n) is 8.41. The van der Waals surface area contributed by atoms with E-state index in [-0.39, 0.29) is 6.54 Å². The van der Waals surface area contributed by atoms with Crippen molar-refractivity contribution in [1.82, 2.24) is 14.8 Å². The van der Waals surface area contributed by atoms with Crippen LogP contribution in [0.25, 0.3) is 0 Å². The van der Waals surface area contributed by atoms with Crippen molar-refractivity contribution in [3.05, 3.63) is 34.0 Å². The van der Waals surface area contributed by atoms with Crippen molar-refractivity contribution in [2.24, 2.45) is 0 Å². The van der Waals surface area contributed by atoms with Crippen LogP contribution in [0.4, 0.5) is 13.2 Å². The molecule has 0 spiro atoms. The smallest absolute Gasteiger partial charge is 0.265 e. The SMILES string of the molecule is FC(F)(F)c1ccn(Cc2nc(CCl)cs2)n1. The van der Waals surface area contributed by atoms with Gasteiger partial charge in [0.1, 0.15) is 5.01 Å². The summed E-state index contributed by atoms with van der Waals surface area (Å²) in [5.41, 5.74) is -0.179. The molecule has 0 amide bonds. The summed E-state index contributed by atoms with van der Waals surface area (Å²) in [6.07, 6.45) is -3.12. The molecule has 0 atom stereocenters. The van der Waals surface area contributed by atoms with Gasteiger partial charge >= 0.3 is 6.18 Å². The van der Waals surface area contributed by atoms with Crippen molar-refractivity contribution in [3.63, 3.8) is 0 Å². The number of hydrogen-bond acceptors (Lipinski definition) is 3. The van der Waals surface area contributed by atoms with Gasteiger partial charge in [0.05, 0.1) is 18.1 Å². The number of hydrogen-bond donors (Lipinski definition) is 0. The van der Waals surface area contributed by atoms with E-state index < -0.39 is 11.9 Å². The molecule has 17 heavy (non-hydrogen) atoms. The third-order valence-corrected chi connectivity index (χ3v) is 3.12. The summed E-state index contributed by atoms with van der Waals surface area (Å²) >= 11 is 6.93. The van der Waals surface area contributed by atoms with Gasteiger partial charge in [-0.3, -0.25) is 4.68 Å². The van der Waals surface area contributed by atoms with E-state index in [1.165, 1.54) is 22.2 Å². The van der Waals surface area contributed by atoms with Gasteiger partial charge in [-0.05, 0) is 6.07 Å². The Morgan fingerprint density at radius 3 is 2.71 bits per heavy atom. The molecule has 0 radical (unpaired) electrons. The third kappa shape index (κ3) is 2.98. The van der Waals surface area contributed by atoms with Gasteiger partial charge in [0.15, 0.2) is 5.69 Å². The molecule has 0 aliphatic rings. The van der Waals surface area contributed by atoms with Gasteiger partial charge in [-0.1, -0.05) is 0 Å². The lowest BCUT2D eigenvalue weighted by atomic mass is 10.4. The van der Waals surface area contributed by atoms with E-state index in [1.807, 2.05) is 0 Å². The summed E-state index contributed by atoms with van der Waals surface area (Å²) < 4.78 is 38.1. The third-order valence-electron chi connectivity index (χ3n) is 1.96. The number of nitrogens with zero attached hydrogens (tertiary/aromatic N) is 3. The Balaban J connectivity index is 2.11. The molecule has 0 saturated carbocycles. The van der Waals surface area contributed by atoms with E-state index >= 15 is 0 Å². The minimum absolute atomic E-state index is 0.220. The Hall–Kier alpha value is -1.08. The maximum Gasteiger partial charge on any atom is 0.435 e. The Kier molecular flexibility index (Phi) is 3.39. The molecule has 2 aromatic heterocycles. The molecule has 0 N–H and O–H groups in total. The van der Waals surface area contributed by atoms with Crippen LogP contribution in [0.1, 0.15) is 16.4 Å². The van der Waals surface area contributed by atoms with Gasteiger partial charge in [-0.25, -0.2) is 4.98 Å². The predicted molar refractivity (Wildman–Crippen MR) is 58.0 cm³/mol. The monoisotopic (exact) mass is 281 g/mol. The average Bonchev–Trinajstić information content (AvgIpc) is 2.86. The van der Waals surface area contributed by atoms with Gasteiger partial charge in [-0.2, -0.15) is 18.3 Å². The first-order valence-corrected chi connectivity index (χ1v) is 6.00. The Bertz CT molecular complexity index is 506. The molecule has 2 rings (SSSR count). The molecule has 2 aromatic rings. The standard InChI is InChI=1S/C9H7ClF3N3S/c10-3-6-5-17-8(14-6)4-16-2-1-7(15-16)9(11,12)13/h1-2,5H,3-4H2. The highest BCUT2D eigenvalue weighted by molar-refractivity contribution is 7.09. The molecule has 0 aromatic carbocycles. The molecule has 8 heteroatoms. The summed E-state index contributed by atoms with van der Waals surface area (Å²) in [5, 5.41) is 5.89. The molecule has 0 aliphatic heterocycles. The van der Waals surface area contributed by atoms with Crippen LogP contribution in [-0.4, -0.2) is 14.8 Å². The number of halogens is 4. The van der Waals surface area contributed by atoms with Crippen LogP contribution in [-0.2, 0) is 18.6 Å². The highest BCUT2D eigenvalue weighted by Crippen LogP contribution is 2.27. The van der Waals surface area contributed by atoms with Crippen LogP contribution in [0, 0.1) is 0 Å². The van der Waals surface area contributed by atoms with Gasteiger partial charge < -0.3 is 0 Å². The van der Waals surface area contributed by atoms with E-state index in [2.05, 4.69) is 10.1 Å². The van der Waals surface area contributed by atoms with Gasteiger partial charge in [0.2, 0.25) is 0 Å². The average molecular weight is 282 g/mol.